The Labute approximate surface area is 322 Å². The number of fused-ring (bicyclic) bond motifs is 5. The third kappa shape index (κ3) is 6.53. The van der Waals surface area contributed by atoms with Crippen molar-refractivity contribution in [2.45, 2.75) is 43.7 Å². The number of hydrogen-bond donors (Lipinski definition) is 2. The molecule has 3 aromatic carbocycles. The highest BCUT2D eigenvalue weighted by Crippen LogP contribution is 2.68. The number of nitrogens with one attached hydrogen (secondary N) is 2. The minimum atomic E-state index is -3.91. The fraction of sp³-hybridized carbons (Fsp3) is 0.278. The van der Waals surface area contributed by atoms with Crippen molar-refractivity contribution in [2.24, 2.45) is 13.0 Å². The van der Waals surface area contributed by atoms with E-state index in [1.165, 1.54) is 42.1 Å². The van der Waals surface area contributed by atoms with Crippen molar-refractivity contribution in [3.8, 4) is 11.8 Å². The third-order valence-electron chi connectivity index (χ3n) is 9.93. The second-order valence-corrected chi connectivity index (χ2v) is 16.0. The van der Waals surface area contributed by atoms with Gasteiger partial charge in [-0.15, -0.1) is 0 Å². The van der Waals surface area contributed by atoms with Crippen LogP contribution in [0.4, 0.5) is 32.2 Å². The highest BCUT2D eigenvalue weighted by Gasteiger charge is 2.67. The molecule has 2 aliphatic carbocycles. The number of nitrogens with zero attached hydrogens (tertiary/aromatic N) is 7. The van der Waals surface area contributed by atoms with Crippen LogP contribution < -0.4 is 15.6 Å². The maximum atomic E-state index is 15.4. The van der Waals surface area contributed by atoms with Gasteiger partial charge in [-0.3, -0.25) is 28.2 Å². The second-order valence-electron chi connectivity index (χ2n) is 13.9. The Morgan fingerprint density at radius 2 is 1.82 bits per heavy atom. The summed E-state index contributed by atoms with van der Waals surface area (Å²) in [6.07, 6.45) is -2.82. The number of alkyl halides is 4. The summed E-state index contributed by atoms with van der Waals surface area (Å²) in [5.41, 5.74) is -2.71. The van der Waals surface area contributed by atoms with Crippen LogP contribution >= 0.6 is 11.6 Å². The molecule has 2 aliphatic rings. The van der Waals surface area contributed by atoms with Crippen molar-refractivity contribution in [3.63, 3.8) is 0 Å². The summed E-state index contributed by atoms with van der Waals surface area (Å²) in [6.45, 7) is -0.998. The normalized spacial score (nSPS) is 17.4. The Morgan fingerprint density at radius 3 is 2.49 bits per heavy atom. The van der Waals surface area contributed by atoms with Crippen molar-refractivity contribution < 1.29 is 39.6 Å². The van der Waals surface area contributed by atoms with E-state index in [2.05, 4.69) is 25.2 Å². The summed E-state index contributed by atoms with van der Waals surface area (Å²) in [6, 6.07) is 9.59. The summed E-state index contributed by atoms with van der Waals surface area (Å²) in [5.74, 6) is -9.17. The molecule has 8 rings (SSSR count). The molecule has 3 atom stereocenters. The lowest BCUT2D eigenvalue weighted by Crippen LogP contribution is -2.38. The number of carbonyl (C=O) groups is 1. The molecule has 0 bridgehead atoms. The van der Waals surface area contributed by atoms with Gasteiger partial charge in [0.15, 0.2) is 5.82 Å². The van der Waals surface area contributed by atoms with E-state index in [0.29, 0.717) is 10.7 Å². The van der Waals surface area contributed by atoms with E-state index in [-0.39, 0.29) is 67.3 Å². The van der Waals surface area contributed by atoms with Gasteiger partial charge < -0.3 is 5.32 Å². The van der Waals surface area contributed by atoms with Crippen molar-refractivity contribution in [1.82, 2.24) is 34.4 Å². The molecule has 1 saturated carbocycles. The number of carbonyl (C=O) groups excluding carboxylic acids is 1. The Hall–Kier alpha value is -5.94. The number of anilines is 1. The standard InChI is InChI=1S/C36H26ClF6N9O4S/c1-50-30-25(6-5-22(37)28(30)33(48-50)49-57(2,55)56)52-34(46-23-9-15(13-44)3-4-19(23)35(52)54)24(10-16-7-17(38)11-18(39)8-16)45-26(53)14-51-31-27(29(47-51)32(40)41)20-12-21(20)36(31,42)43/h3-9,11,20-21,24,32H,10,12,14H2,1-2H3,(H,45,53)(H,48,49)/t20-,21+,24-/m0/s1. The van der Waals surface area contributed by atoms with Crippen molar-refractivity contribution in [2.75, 3.05) is 11.0 Å². The molecule has 1 amide bonds. The molecule has 294 valence electrons. The van der Waals surface area contributed by atoms with Gasteiger partial charge in [0.25, 0.3) is 17.9 Å². The van der Waals surface area contributed by atoms with Gasteiger partial charge in [0, 0.05) is 31.0 Å². The van der Waals surface area contributed by atoms with Crippen LogP contribution in [-0.4, -0.2) is 49.7 Å². The number of aryl methyl sites for hydroxylation is 1. The molecule has 0 saturated heterocycles. The van der Waals surface area contributed by atoms with E-state index in [0.717, 1.165) is 23.0 Å². The first-order chi connectivity index (χ1) is 26.9. The molecule has 3 heterocycles. The summed E-state index contributed by atoms with van der Waals surface area (Å²) in [4.78, 5) is 33.2. The molecule has 6 aromatic rings. The molecule has 0 spiro atoms. The lowest BCUT2D eigenvalue weighted by Gasteiger charge is -2.24. The number of hydrogen-bond acceptors (Lipinski definition) is 8. The lowest BCUT2D eigenvalue weighted by molar-refractivity contribution is -0.123. The van der Waals surface area contributed by atoms with Gasteiger partial charge in [-0.05, 0) is 60.4 Å². The van der Waals surface area contributed by atoms with Crippen molar-refractivity contribution in [3.05, 3.63) is 109 Å². The van der Waals surface area contributed by atoms with Crippen molar-refractivity contribution in [1.29, 1.82) is 5.26 Å². The van der Waals surface area contributed by atoms with E-state index < -0.39 is 87.7 Å². The van der Waals surface area contributed by atoms with Gasteiger partial charge in [0.2, 0.25) is 15.9 Å². The summed E-state index contributed by atoms with van der Waals surface area (Å²) < 4.78 is 118. The maximum absolute atomic E-state index is 15.4. The number of sulfonamides is 1. The molecule has 21 heteroatoms. The van der Waals surface area contributed by atoms with Crippen LogP contribution in [0.25, 0.3) is 27.5 Å². The first kappa shape index (κ1) is 38.0. The molecule has 2 N–H and O–H groups in total. The number of nitriles is 1. The summed E-state index contributed by atoms with van der Waals surface area (Å²) in [7, 11) is -2.48. The van der Waals surface area contributed by atoms with Gasteiger partial charge in [0.05, 0.1) is 56.4 Å². The zero-order chi connectivity index (χ0) is 40.9. The fourth-order valence-corrected chi connectivity index (χ4v) is 8.39. The molecule has 0 aliphatic heterocycles. The Kier molecular flexibility index (Phi) is 8.88. The van der Waals surface area contributed by atoms with E-state index in [4.69, 9.17) is 11.6 Å². The van der Waals surface area contributed by atoms with Gasteiger partial charge in [-0.1, -0.05) is 11.6 Å². The predicted molar refractivity (Wildman–Crippen MR) is 193 cm³/mol. The van der Waals surface area contributed by atoms with E-state index in [1.54, 1.807) is 0 Å². The SMILES string of the molecule is Cn1nc(NS(C)(=O)=O)c2c(Cl)ccc(-n3c([C@H](Cc4cc(F)cc(F)c4)NC(=O)Cn4nc(C(F)F)c5c4C(F)(F)[C@@H]4C[C@H]54)nc4cc(C#N)ccc4c3=O)c21. The average Bonchev–Trinajstić information content (AvgIpc) is 3.66. The highest BCUT2D eigenvalue weighted by molar-refractivity contribution is 7.92. The molecule has 57 heavy (non-hydrogen) atoms. The Bertz CT molecular complexity index is 2910. The molecule has 0 unspecified atom stereocenters. The van der Waals surface area contributed by atoms with Gasteiger partial charge >= 0.3 is 0 Å². The number of rotatable bonds is 10. The second kappa shape index (κ2) is 13.3. The third-order valence-corrected chi connectivity index (χ3v) is 10.8. The number of amides is 1. The smallest absolute Gasteiger partial charge is 0.293 e. The first-order valence-corrected chi connectivity index (χ1v) is 19.2. The largest absolute Gasteiger partial charge is 0.344 e. The molecule has 0 radical (unpaired) electrons. The number of halogens is 7. The average molecular weight is 830 g/mol. The van der Waals surface area contributed by atoms with E-state index >= 15 is 8.78 Å². The fourth-order valence-electron chi connectivity index (χ4n) is 7.65. The van der Waals surface area contributed by atoms with Gasteiger partial charge in [0.1, 0.15) is 35.4 Å². The minimum Gasteiger partial charge on any atom is -0.344 e. The number of benzene rings is 3. The first-order valence-electron chi connectivity index (χ1n) is 17.0. The van der Waals surface area contributed by atoms with Crippen LogP contribution in [0.2, 0.25) is 5.02 Å². The van der Waals surface area contributed by atoms with Crippen LogP contribution in [0.5, 0.6) is 0 Å². The molecular weight excluding hydrogens is 804 g/mol. The number of aromatic nitrogens is 6. The highest BCUT2D eigenvalue weighted by atomic mass is 35.5. The van der Waals surface area contributed by atoms with Crippen LogP contribution in [0, 0.1) is 28.9 Å². The van der Waals surface area contributed by atoms with Gasteiger partial charge in [-0.25, -0.2) is 31.0 Å². The minimum absolute atomic E-state index is 0.0109. The van der Waals surface area contributed by atoms with Crippen LogP contribution in [0.3, 0.4) is 0 Å². The van der Waals surface area contributed by atoms with Gasteiger partial charge in [-0.2, -0.15) is 24.2 Å². The summed E-state index contributed by atoms with van der Waals surface area (Å²) in [5, 5.41) is 20.2. The molecule has 13 nitrogen and oxygen atoms in total. The molecule has 1 fully saturated rings. The topological polar surface area (TPSA) is 170 Å². The van der Waals surface area contributed by atoms with Crippen LogP contribution in [0.15, 0.2) is 53.3 Å². The molecule has 3 aromatic heterocycles. The Balaban J connectivity index is 1.33. The quantitative estimate of drug-likeness (QED) is 0.161. The summed E-state index contributed by atoms with van der Waals surface area (Å²) >= 11 is 6.55. The zero-order valence-electron chi connectivity index (χ0n) is 29.4. The monoisotopic (exact) mass is 829 g/mol. The van der Waals surface area contributed by atoms with Crippen LogP contribution in [0.1, 0.15) is 58.7 Å². The maximum Gasteiger partial charge on any atom is 0.293 e. The Morgan fingerprint density at radius 1 is 1.11 bits per heavy atom. The predicted octanol–water partition coefficient (Wildman–Crippen LogP) is 5.89. The van der Waals surface area contributed by atoms with Crippen LogP contribution in [-0.2, 0) is 40.8 Å². The zero-order valence-corrected chi connectivity index (χ0v) is 30.9. The van der Waals surface area contributed by atoms with Crippen molar-refractivity contribution >= 4 is 55.2 Å². The van der Waals surface area contributed by atoms with E-state index in [9.17, 15) is 40.8 Å². The van der Waals surface area contributed by atoms with E-state index in [1.807, 2.05) is 6.07 Å². The molecular formula is C36H26ClF6N9O4S. The lowest BCUT2D eigenvalue weighted by atomic mass is 10.0.